The second kappa shape index (κ2) is 7.37. The highest BCUT2D eigenvalue weighted by Gasteiger charge is 2.33. The molecule has 1 aliphatic carbocycles. The second-order valence-electron chi connectivity index (χ2n) is 6.62. The van der Waals surface area contributed by atoms with Crippen molar-refractivity contribution in [3.05, 3.63) is 71.4 Å². The topological polar surface area (TPSA) is 70.7 Å². The summed E-state index contributed by atoms with van der Waals surface area (Å²) in [7, 11) is 1.62. The van der Waals surface area contributed by atoms with E-state index in [2.05, 4.69) is 22.5 Å². The number of ketones is 1. The van der Waals surface area contributed by atoms with E-state index in [0.29, 0.717) is 12.1 Å². The lowest BCUT2D eigenvalue weighted by atomic mass is 9.87. The standard InChI is InChI=1S/C22H18N4OS/c1-24-22(28)18(13-23)21(27)19-17-12-11-14-7-5-6-10-16(14)20(17)26(25-19)15-8-3-2-4-9-15/h2-10,18H,11-12H2,1H3,(H,24,28)/t18-/m1/s1. The Balaban J connectivity index is 1.94. The van der Waals surface area contributed by atoms with Crippen molar-refractivity contribution >= 4 is 23.0 Å². The Kier molecular flexibility index (Phi) is 4.76. The van der Waals surface area contributed by atoms with Crippen molar-refractivity contribution in [1.82, 2.24) is 15.1 Å². The van der Waals surface area contributed by atoms with Gasteiger partial charge in [0.1, 0.15) is 10.7 Å². The van der Waals surface area contributed by atoms with Crippen molar-refractivity contribution in [2.75, 3.05) is 7.05 Å². The van der Waals surface area contributed by atoms with Crippen molar-refractivity contribution in [1.29, 1.82) is 5.26 Å². The van der Waals surface area contributed by atoms with Gasteiger partial charge >= 0.3 is 0 Å². The minimum absolute atomic E-state index is 0.215. The number of carbonyl (C=O) groups excluding carboxylic acids is 1. The van der Waals surface area contributed by atoms with Crippen molar-refractivity contribution in [2.45, 2.75) is 12.8 Å². The molecular formula is C22H18N4OS. The molecule has 0 unspecified atom stereocenters. The van der Waals surface area contributed by atoms with Crippen LogP contribution in [0.5, 0.6) is 0 Å². The largest absolute Gasteiger partial charge is 0.381 e. The van der Waals surface area contributed by atoms with Crippen LogP contribution < -0.4 is 5.32 Å². The molecule has 4 rings (SSSR count). The average molecular weight is 386 g/mol. The summed E-state index contributed by atoms with van der Waals surface area (Å²) in [5, 5.41) is 16.9. The number of carbonyl (C=O) groups is 1. The van der Waals surface area contributed by atoms with Crippen molar-refractivity contribution < 1.29 is 4.79 Å². The number of aryl methyl sites for hydroxylation is 1. The first-order valence-corrected chi connectivity index (χ1v) is 9.47. The predicted molar refractivity (Wildman–Crippen MR) is 111 cm³/mol. The fourth-order valence-electron chi connectivity index (χ4n) is 3.66. The molecule has 0 spiro atoms. The third-order valence-corrected chi connectivity index (χ3v) is 5.47. The quantitative estimate of drug-likeness (QED) is 0.549. The molecule has 0 fully saturated rings. The molecule has 1 N–H and O–H groups in total. The van der Waals surface area contributed by atoms with Gasteiger partial charge in [0.25, 0.3) is 0 Å². The maximum atomic E-state index is 13.2. The van der Waals surface area contributed by atoms with E-state index >= 15 is 0 Å². The van der Waals surface area contributed by atoms with Crippen LogP contribution in [0.3, 0.4) is 0 Å². The zero-order valence-corrected chi connectivity index (χ0v) is 16.2. The number of nitrogens with one attached hydrogen (secondary N) is 1. The van der Waals surface area contributed by atoms with E-state index in [9.17, 15) is 10.1 Å². The van der Waals surface area contributed by atoms with Gasteiger partial charge < -0.3 is 5.32 Å². The first-order valence-electron chi connectivity index (χ1n) is 9.06. The summed E-state index contributed by atoms with van der Waals surface area (Å²) in [6.07, 6.45) is 1.53. The van der Waals surface area contributed by atoms with Crippen LogP contribution in [-0.2, 0) is 12.8 Å². The van der Waals surface area contributed by atoms with Gasteiger partial charge in [-0.05, 0) is 30.5 Å². The number of thiocarbonyl (C=S) groups is 1. The van der Waals surface area contributed by atoms with E-state index in [1.165, 1.54) is 5.56 Å². The van der Waals surface area contributed by atoms with Gasteiger partial charge in [0, 0.05) is 18.2 Å². The van der Waals surface area contributed by atoms with Crippen LogP contribution in [0.2, 0.25) is 0 Å². The van der Waals surface area contributed by atoms with Crippen molar-refractivity contribution in [2.24, 2.45) is 5.92 Å². The fourth-order valence-corrected chi connectivity index (χ4v) is 3.82. The zero-order chi connectivity index (χ0) is 19.7. The number of aromatic nitrogens is 2. The third kappa shape index (κ3) is 2.90. The molecule has 3 aromatic rings. The molecule has 28 heavy (non-hydrogen) atoms. The second-order valence-corrected chi connectivity index (χ2v) is 7.06. The fraction of sp³-hybridized carbons (Fsp3) is 0.182. The summed E-state index contributed by atoms with van der Waals surface area (Å²) < 4.78 is 1.82. The van der Waals surface area contributed by atoms with E-state index < -0.39 is 5.92 Å². The molecule has 0 aliphatic heterocycles. The molecule has 0 bridgehead atoms. The summed E-state index contributed by atoms with van der Waals surface area (Å²) in [6, 6.07) is 19.9. The normalized spacial score (nSPS) is 13.0. The summed E-state index contributed by atoms with van der Waals surface area (Å²) in [4.78, 5) is 13.4. The highest BCUT2D eigenvalue weighted by Crippen LogP contribution is 2.37. The molecule has 1 aliphatic rings. The number of rotatable bonds is 4. The van der Waals surface area contributed by atoms with Gasteiger partial charge in [-0.1, -0.05) is 54.7 Å². The number of fused-ring (bicyclic) bond motifs is 3. The Hall–Kier alpha value is -3.30. The van der Waals surface area contributed by atoms with E-state index in [1.807, 2.05) is 53.2 Å². The number of nitriles is 1. The maximum absolute atomic E-state index is 13.2. The number of benzene rings is 2. The Morgan fingerprint density at radius 1 is 1.18 bits per heavy atom. The molecule has 1 heterocycles. The smallest absolute Gasteiger partial charge is 0.207 e. The lowest BCUT2D eigenvalue weighted by Gasteiger charge is -2.18. The van der Waals surface area contributed by atoms with Crippen molar-refractivity contribution in [3.63, 3.8) is 0 Å². The van der Waals surface area contributed by atoms with E-state index in [-0.39, 0.29) is 10.8 Å². The van der Waals surface area contributed by atoms with Crippen LogP contribution in [0.25, 0.3) is 16.9 Å². The van der Waals surface area contributed by atoms with E-state index in [1.54, 1.807) is 7.05 Å². The summed E-state index contributed by atoms with van der Waals surface area (Å²) in [5.41, 5.74) is 5.31. The molecular weight excluding hydrogens is 368 g/mol. The average Bonchev–Trinajstić information content (AvgIpc) is 3.15. The minimum atomic E-state index is -1.04. The Bertz CT molecular complexity index is 1110. The molecule has 1 aromatic heterocycles. The number of nitrogens with zero attached hydrogens (tertiary/aromatic N) is 3. The molecule has 2 aromatic carbocycles. The van der Waals surface area contributed by atoms with Gasteiger partial charge in [0.2, 0.25) is 5.78 Å². The molecule has 138 valence electrons. The van der Waals surface area contributed by atoms with Gasteiger partial charge in [-0.25, -0.2) is 4.68 Å². The summed E-state index contributed by atoms with van der Waals surface area (Å²) >= 11 is 5.18. The van der Waals surface area contributed by atoms with Gasteiger partial charge in [-0.15, -0.1) is 0 Å². The lowest BCUT2D eigenvalue weighted by Crippen LogP contribution is -2.31. The van der Waals surface area contributed by atoms with Crippen LogP contribution >= 0.6 is 12.2 Å². The van der Waals surface area contributed by atoms with E-state index in [4.69, 9.17) is 12.2 Å². The van der Waals surface area contributed by atoms with Crippen LogP contribution in [0.15, 0.2) is 54.6 Å². The molecule has 1 atom stereocenters. The summed E-state index contributed by atoms with van der Waals surface area (Å²) in [5.74, 6) is -1.40. The molecule has 0 radical (unpaired) electrons. The monoisotopic (exact) mass is 386 g/mol. The molecule has 0 saturated heterocycles. The molecule has 0 saturated carbocycles. The number of para-hydroxylation sites is 1. The zero-order valence-electron chi connectivity index (χ0n) is 15.3. The minimum Gasteiger partial charge on any atom is -0.381 e. The SMILES string of the molecule is CNC(=S)[C@H](C#N)C(=O)c1nn(-c2ccccc2)c2c1CCc1ccccc1-2. The first-order chi connectivity index (χ1) is 13.7. The van der Waals surface area contributed by atoms with E-state index in [0.717, 1.165) is 28.9 Å². The molecule has 6 heteroatoms. The van der Waals surface area contributed by atoms with Gasteiger partial charge in [0.15, 0.2) is 5.92 Å². The Morgan fingerprint density at radius 3 is 2.61 bits per heavy atom. The lowest BCUT2D eigenvalue weighted by molar-refractivity contribution is 0.0968. The number of hydrogen-bond donors (Lipinski definition) is 1. The van der Waals surface area contributed by atoms with Crippen LogP contribution in [0.4, 0.5) is 0 Å². The number of hydrogen-bond acceptors (Lipinski definition) is 4. The third-order valence-electron chi connectivity index (χ3n) is 5.03. The van der Waals surface area contributed by atoms with Gasteiger partial charge in [-0.3, -0.25) is 4.79 Å². The van der Waals surface area contributed by atoms with Crippen molar-refractivity contribution in [3.8, 4) is 23.0 Å². The molecule has 0 amide bonds. The van der Waals surface area contributed by atoms with Gasteiger partial charge in [-0.2, -0.15) is 10.4 Å². The van der Waals surface area contributed by atoms with Gasteiger partial charge in [0.05, 0.1) is 17.5 Å². The highest BCUT2D eigenvalue weighted by atomic mass is 32.1. The van der Waals surface area contributed by atoms with Crippen LogP contribution in [0, 0.1) is 17.2 Å². The number of Topliss-reactive ketones (excluding diaryl/α,β-unsaturated/α-hetero) is 1. The first kappa shape index (κ1) is 18.1. The summed E-state index contributed by atoms with van der Waals surface area (Å²) in [6.45, 7) is 0. The Morgan fingerprint density at radius 2 is 1.89 bits per heavy atom. The van der Waals surface area contributed by atoms with Crippen LogP contribution in [0.1, 0.15) is 21.6 Å². The maximum Gasteiger partial charge on any atom is 0.207 e. The van der Waals surface area contributed by atoms with Crippen LogP contribution in [-0.4, -0.2) is 27.6 Å². The molecule has 5 nitrogen and oxygen atoms in total. The predicted octanol–water partition coefficient (Wildman–Crippen LogP) is 3.51. The Labute approximate surface area is 168 Å². The highest BCUT2D eigenvalue weighted by molar-refractivity contribution is 7.80.